The second-order valence-electron chi connectivity index (χ2n) is 10.1. The second-order valence-corrected chi connectivity index (χ2v) is 12.4. The fourth-order valence-corrected chi connectivity index (χ4v) is 5.21. The Morgan fingerprint density at radius 3 is 2.31 bits per heavy atom. The molecule has 0 aliphatic carbocycles. The van der Waals surface area contributed by atoms with Gasteiger partial charge in [-0.05, 0) is 43.6 Å². The van der Waals surface area contributed by atoms with Gasteiger partial charge in [-0.3, -0.25) is 14.4 Å². The summed E-state index contributed by atoms with van der Waals surface area (Å²) in [6.07, 6.45) is 2.74. The zero-order valence-corrected chi connectivity index (χ0v) is 20.8. The van der Waals surface area contributed by atoms with E-state index in [1.807, 2.05) is 0 Å². The summed E-state index contributed by atoms with van der Waals surface area (Å²) in [4.78, 5) is 41.0. The highest BCUT2D eigenvalue weighted by molar-refractivity contribution is 7.91. The molecule has 2 fully saturated rings. The van der Waals surface area contributed by atoms with Crippen LogP contribution in [0.1, 0.15) is 53.4 Å². The van der Waals surface area contributed by atoms with E-state index in [1.54, 1.807) is 0 Å². The smallest absolute Gasteiger partial charge is 0.312 e. The van der Waals surface area contributed by atoms with Crippen LogP contribution in [0.3, 0.4) is 0 Å². The van der Waals surface area contributed by atoms with Gasteiger partial charge in [-0.15, -0.1) is 0 Å². The van der Waals surface area contributed by atoms with Crippen LogP contribution in [0.15, 0.2) is 0 Å². The number of sulfone groups is 1. The lowest BCUT2D eigenvalue weighted by molar-refractivity contribution is -0.148. The van der Waals surface area contributed by atoms with Gasteiger partial charge in [0.05, 0.1) is 11.5 Å². The van der Waals surface area contributed by atoms with E-state index in [2.05, 4.69) is 43.2 Å². The quantitative estimate of drug-likeness (QED) is 0.390. The lowest BCUT2D eigenvalue weighted by atomic mass is 9.80. The third-order valence-electron chi connectivity index (χ3n) is 6.74. The molecule has 0 saturated carbocycles. The molecule has 3 amide bonds. The van der Waals surface area contributed by atoms with Crippen molar-refractivity contribution < 1.29 is 22.8 Å². The van der Waals surface area contributed by atoms with Crippen LogP contribution in [0.2, 0.25) is 0 Å². The van der Waals surface area contributed by atoms with Gasteiger partial charge >= 0.3 is 11.8 Å². The first-order chi connectivity index (χ1) is 14.9. The van der Waals surface area contributed by atoms with E-state index in [9.17, 15) is 22.8 Å². The molecule has 0 aromatic carbocycles. The SMILES string of the molecule is C[C@@H](CCNC(=O)C(=O)N1CCC[C@H]1C(=O)NCCCN1CCS(=O)(=O)CC1)C(C)(C)C. The Morgan fingerprint density at radius 2 is 1.69 bits per heavy atom. The van der Waals surface area contributed by atoms with Crippen molar-refractivity contribution in [1.82, 2.24) is 20.4 Å². The molecule has 2 atom stereocenters. The summed E-state index contributed by atoms with van der Waals surface area (Å²) in [6, 6.07) is -0.609. The largest absolute Gasteiger partial charge is 0.354 e. The fraction of sp³-hybridized carbons (Fsp3) is 0.864. The summed E-state index contributed by atoms with van der Waals surface area (Å²) in [5.41, 5.74) is 0.137. The van der Waals surface area contributed by atoms with Gasteiger partial charge in [-0.2, -0.15) is 0 Å². The molecule has 2 heterocycles. The molecular weight excluding hydrogens is 432 g/mol. The first-order valence-corrected chi connectivity index (χ1v) is 13.5. The van der Waals surface area contributed by atoms with E-state index in [4.69, 9.17) is 0 Å². The van der Waals surface area contributed by atoms with E-state index in [0.717, 1.165) is 13.0 Å². The predicted octanol–water partition coefficient (Wildman–Crippen LogP) is 0.403. The third-order valence-corrected chi connectivity index (χ3v) is 8.35. The Bertz CT molecular complexity index is 764. The molecule has 2 N–H and O–H groups in total. The lowest BCUT2D eigenvalue weighted by Gasteiger charge is -2.27. The highest BCUT2D eigenvalue weighted by Crippen LogP contribution is 2.27. The van der Waals surface area contributed by atoms with Crippen LogP contribution in [0.4, 0.5) is 0 Å². The maximum absolute atomic E-state index is 12.6. The minimum absolute atomic E-state index is 0.137. The maximum Gasteiger partial charge on any atom is 0.312 e. The Labute approximate surface area is 192 Å². The molecule has 0 spiro atoms. The number of nitrogens with zero attached hydrogens (tertiary/aromatic N) is 2. The zero-order valence-electron chi connectivity index (χ0n) is 20.0. The molecule has 32 heavy (non-hydrogen) atoms. The molecule has 0 aromatic rings. The van der Waals surface area contributed by atoms with Crippen molar-refractivity contribution in [3.63, 3.8) is 0 Å². The van der Waals surface area contributed by atoms with Crippen molar-refractivity contribution in [3.8, 4) is 0 Å². The fourth-order valence-electron chi connectivity index (χ4n) is 3.93. The molecule has 0 aromatic heterocycles. The number of carbonyl (C=O) groups is 3. The van der Waals surface area contributed by atoms with E-state index >= 15 is 0 Å². The van der Waals surface area contributed by atoms with Crippen molar-refractivity contribution in [2.45, 2.75) is 59.4 Å². The predicted molar refractivity (Wildman–Crippen MR) is 124 cm³/mol. The number of amides is 3. The summed E-state index contributed by atoms with van der Waals surface area (Å²) in [5, 5.41) is 5.58. The van der Waals surface area contributed by atoms with Gasteiger partial charge < -0.3 is 20.4 Å². The van der Waals surface area contributed by atoms with Crippen LogP contribution in [-0.4, -0.2) is 92.8 Å². The molecule has 2 rings (SSSR count). The van der Waals surface area contributed by atoms with Crippen molar-refractivity contribution in [2.75, 3.05) is 50.8 Å². The molecule has 2 saturated heterocycles. The van der Waals surface area contributed by atoms with Crippen molar-refractivity contribution in [2.24, 2.45) is 11.3 Å². The normalized spacial score (nSPS) is 22.4. The number of nitrogens with one attached hydrogen (secondary N) is 2. The van der Waals surface area contributed by atoms with Gasteiger partial charge in [-0.1, -0.05) is 27.7 Å². The van der Waals surface area contributed by atoms with E-state index in [0.29, 0.717) is 57.9 Å². The number of rotatable bonds is 8. The zero-order chi connectivity index (χ0) is 23.9. The number of hydrogen-bond donors (Lipinski definition) is 2. The molecule has 2 aliphatic heterocycles. The summed E-state index contributed by atoms with van der Waals surface area (Å²) >= 11 is 0. The van der Waals surface area contributed by atoms with E-state index < -0.39 is 27.7 Å². The van der Waals surface area contributed by atoms with Crippen molar-refractivity contribution >= 4 is 27.6 Å². The van der Waals surface area contributed by atoms with Gasteiger partial charge in [0.15, 0.2) is 9.84 Å². The van der Waals surface area contributed by atoms with Crippen LogP contribution in [0.25, 0.3) is 0 Å². The molecule has 9 nitrogen and oxygen atoms in total. The average Bonchev–Trinajstić information content (AvgIpc) is 3.20. The molecule has 2 aliphatic rings. The molecule has 0 bridgehead atoms. The van der Waals surface area contributed by atoms with Gasteiger partial charge in [0.2, 0.25) is 5.91 Å². The molecular formula is C22H40N4O5S. The Hall–Kier alpha value is -1.68. The summed E-state index contributed by atoms with van der Waals surface area (Å²) in [5.74, 6) is -0.735. The van der Waals surface area contributed by atoms with Crippen LogP contribution in [0, 0.1) is 11.3 Å². The first kappa shape index (κ1) is 26.6. The average molecular weight is 473 g/mol. The second kappa shape index (κ2) is 11.4. The highest BCUT2D eigenvalue weighted by atomic mass is 32.2. The Kier molecular flexibility index (Phi) is 9.51. The minimum Gasteiger partial charge on any atom is -0.354 e. The summed E-state index contributed by atoms with van der Waals surface area (Å²) < 4.78 is 23.0. The third kappa shape index (κ3) is 8.03. The minimum atomic E-state index is -2.89. The number of carbonyl (C=O) groups excluding carboxylic acids is 3. The maximum atomic E-state index is 12.6. The summed E-state index contributed by atoms with van der Waals surface area (Å²) in [6.45, 7) is 11.7. The lowest BCUT2D eigenvalue weighted by Crippen LogP contribution is -2.51. The Balaban J connectivity index is 1.71. The first-order valence-electron chi connectivity index (χ1n) is 11.7. The Morgan fingerprint density at radius 1 is 1.03 bits per heavy atom. The molecule has 0 unspecified atom stereocenters. The van der Waals surface area contributed by atoms with Crippen LogP contribution < -0.4 is 10.6 Å². The van der Waals surface area contributed by atoms with E-state index in [1.165, 1.54) is 4.90 Å². The highest BCUT2D eigenvalue weighted by Gasteiger charge is 2.36. The van der Waals surface area contributed by atoms with Gasteiger partial charge in [0, 0.05) is 32.7 Å². The monoisotopic (exact) mass is 472 g/mol. The van der Waals surface area contributed by atoms with Crippen LogP contribution in [-0.2, 0) is 24.2 Å². The van der Waals surface area contributed by atoms with Crippen molar-refractivity contribution in [3.05, 3.63) is 0 Å². The number of hydrogen-bond acceptors (Lipinski definition) is 6. The summed E-state index contributed by atoms with van der Waals surface area (Å²) in [7, 11) is -2.89. The van der Waals surface area contributed by atoms with Gasteiger partial charge in [-0.25, -0.2) is 8.42 Å². The topological polar surface area (TPSA) is 116 Å². The van der Waals surface area contributed by atoms with Gasteiger partial charge in [0.25, 0.3) is 0 Å². The van der Waals surface area contributed by atoms with Crippen molar-refractivity contribution in [1.29, 1.82) is 0 Å². The van der Waals surface area contributed by atoms with Gasteiger partial charge in [0.1, 0.15) is 6.04 Å². The molecule has 0 radical (unpaired) electrons. The van der Waals surface area contributed by atoms with Crippen LogP contribution in [0.5, 0.6) is 0 Å². The standard InChI is InChI=1S/C22H40N4O5S/c1-17(22(2,3)4)8-10-24-20(28)21(29)26-12-5-7-18(26)19(27)23-9-6-11-25-13-15-32(30,31)16-14-25/h17-18H,5-16H2,1-4H3,(H,23,27)(H,24,28)/t17-,18-/m0/s1. The number of likely N-dealkylation sites (tertiary alicyclic amines) is 1. The molecule has 184 valence electrons. The van der Waals surface area contributed by atoms with Crippen LogP contribution >= 0.6 is 0 Å². The van der Waals surface area contributed by atoms with E-state index in [-0.39, 0.29) is 22.8 Å². The molecule has 10 heteroatoms.